The van der Waals surface area contributed by atoms with Crippen LogP contribution < -0.4 is 5.32 Å². The zero-order chi connectivity index (χ0) is 14.5. The first-order valence-corrected chi connectivity index (χ1v) is 6.35. The van der Waals surface area contributed by atoms with E-state index in [0.29, 0.717) is 19.4 Å². The average Bonchev–Trinajstić information content (AvgIpc) is 2.77. The molecular weight excluding hydrogens is 263 g/mol. The van der Waals surface area contributed by atoms with Gasteiger partial charge in [0, 0.05) is 6.42 Å². The van der Waals surface area contributed by atoms with Gasteiger partial charge in [-0.05, 0) is 25.8 Å². The van der Waals surface area contributed by atoms with Gasteiger partial charge in [-0.15, -0.1) is 0 Å². The highest BCUT2D eigenvalue weighted by molar-refractivity contribution is 5.81. The number of halogens is 3. The lowest BCUT2D eigenvalue weighted by atomic mass is 9.97. The predicted molar refractivity (Wildman–Crippen MR) is 62.7 cm³/mol. The Hall–Kier alpha value is -0.820. The van der Waals surface area contributed by atoms with Gasteiger partial charge in [0.2, 0.25) is 0 Å². The second-order valence-corrected chi connectivity index (χ2v) is 4.79. The van der Waals surface area contributed by atoms with Gasteiger partial charge >= 0.3 is 12.1 Å². The maximum Gasteiger partial charge on any atom is 0.411 e. The number of esters is 1. The van der Waals surface area contributed by atoms with Crippen LogP contribution in [0.5, 0.6) is 0 Å². The molecule has 0 aromatic carbocycles. The van der Waals surface area contributed by atoms with Crippen LogP contribution in [0, 0.1) is 0 Å². The molecule has 0 aliphatic heterocycles. The van der Waals surface area contributed by atoms with Crippen LogP contribution in [-0.4, -0.2) is 44.0 Å². The minimum absolute atomic E-state index is 0.218. The average molecular weight is 283 g/mol. The standard InChI is InChI=1S/C12H20F3NO3/c1-3-6-16-11(10(17)18-2)5-4-9(7-11)19-8-12(13,14)15/h9,16H,3-8H2,1-2H3. The molecule has 4 nitrogen and oxygen atoms in total. The monoisotopic (exact) mass is 283 g/mol. The van der Waals surface area contributed by atoms with Crippen molar-refractivity contribution >= 4 is 5.97 Å². The van der Waals surface area contributed by atoms with Gasteiger partial charge in [-0.2, -0.15) is 13.2 Å². The van der Waals surface area contributed by atoms with E-state index in [1.54, 1.807) is 0 Å². The summed E-state index contributed by atoms with van der Waals surface area (Å²) in [5.74, 6) is -0.431. The van der Waals surface area contributed by atoms with E-state index in [1.807, 2.05) is 6.92 Å². The van der Waals surface area contributed by atoms with E-state index in [1.165, 1.54) is 7.11 Å². The minimum Gasteiger partial charge on any atom is -0.468 e. The summed E-state index contributed by atoms with van der Waals surface area (Å²) < 4.78 is 45.9. The predicted octanol–water partition coefficient (Wildman–Crippen LogP) is 2.03. The van der Waals surface area contributed by atoms with Gasteiger partial charge in [-0.1, -0.05) is 6.92 Å². The van der Waals surface area contributed by atoms with Gasteiger partial charge in [0.15, 0.2) is 0 Å². The van der Waals surface area contributed by atoms with Crippen molar-refractivity contribution < 1.29 is 27.4 Å². The summed E-state index contributed by atoms with van der Waals surface area (Å²) in [6, 6.07) is 0. The molecule has 7 heteroatoms. The molecule has 1 fully saturated rings. The van der Waals surface area contributed by atoms with Crippen LogP contribution in [0.1, 0.15) is 32.6 Å². The van der Waals surface area contributed by atoms with Crippen LogP contribution in [0.3, 0.4) is 0 Å². The zero-order valence-electron chi connectivity index (χ0n) is 11.2. The number of hydrogen-bond acceptors (Lipinski definition) is 4. The summed E-state index contributed by atoms with van der Waals surface area (Å²) >= 11 is 0. The van der Waals surface area contributed by atoms with E-state index in [-0.39, 0.29) is 6.42 Å². The van der Waals surface area contributed by atoms with E-state index in [2.05, 4.69) is 5.32 Å². The van der Waals surface area contributed by atoms with E-state index in [9.17, 15) is 18.0 Å². The normalized spacial score (nSPS) is 27.5. The number of carbonyl (C=O) groups is 1. The summed E-state index contributed by atoms with van der Waals surface area (Å²) in [5.41, 5.74) is -0.902. The molecule has 2 atom stereocenters. The van der Waals surface area contributed by atoms with Crippen molar-refractivity contribution in [1.29, 1.82) is 0 Å². The Morgan fingerprint density at radius 3 is 2.68 bits per heavy atom. The molecule has 0 amide bonds. The first-order chi connectivity index (χ1) is 8.83. The Morgan fingerprint density at radius 2 is 2.16 bits per heavy atom. The van der Waals surface area contributed by atoms with E-state index in [0.717, 1.165) is 6.42 Å². The molecule has 2 unspecified atom stereocenters. The van der Waals surface area contributed by atoms with Crippen molar-refractivity contribution in [2.24, 2.45) is 0 Å². The number of carbonyl (C=O) groups excluding carboxylic acids is 1. The van der Waals surface area contributed by atoms with Gasteiger partial charge in [-0.25, -0.2) is 0 Å². The third-order valence-electron chi connectivity index (χ3n) is 3.24. The Kier molecular flexibility index (Phi) is 5.61. The number of methoxy groups -OCH3 is 1. The van der Waals surface area contributed by atoms with Crippen LogP contribution in [-0.2, 0) is 14.3 Å². The molecule has 0 heterocycles. The summed E-state index contributed by atoms with van der Waals surface area (Å²) in [4.78, 5) is 11.8. The largest absolute Gasteiger partial charge is 0.468 e. The topological polar surface area (TPSA) is 47.6 Å². The van der Waals surface area contributed by atoms with Crippen molar-refractivity contribution in [2.75, 3.05) is 20.3 Å². The Morgan fingerprint density at radius 1 is 1.47 bits per heavy atom. The van der Waals surface area contributed by atoms with Crippen molar-refractivity contribution in [3.63, 3.8) is 0 Å². The molecule has 0 aromatic rings. The molecule has 1 aliphatic rings. The highest BCUT2D eigenvalue weighted by Crippen LogP contribution is 2.34. The summed E-state index contributed by atoms with van der Waals surface area (Å²) in [6.45, 7) is 1.29. The molecule has 1 rings (SSSR count). The van der Waals surface area contributed by atoms with Crippen molar-refractivity contribution in [2.45, 2.75) is 50.4 Å². The number of ether oxygens (including phenoxy) is 2. The molecular formula is C12H20F3NO3. The maximum atomic E-state index is 12.1. The quantitative estimate of drug-likeness (QED) is 0.758. The SMILES string of the molecule is CCCNC1(C(=O)OC)CCC(OCC(F)(F)F)C1. The van der Waals surface area contributed by atoms with E-state index >= 15 is 0 Å². The van der Waals surface area contributed by atoms with Gasteiger partial charge < -0.3 is 14.8 Å². The van der Waals surface area contributed by atoms with E-state index < -0.39 is 30.4 Å². The summed E-state index contributed by atoms with van der Waals surface area (Å²) in [5, 5.41) is 3.09. The summed E-state index contributed by atoms with van der Waals surface area (Å²) in [6.07, 6.45) is -3.01. The Labute approximate surface area is 110 Å². The first kappa shape index (κ1) is 16.2. The number of alkyl halides is 3. The lowest BCUT2D eigenvalue weighted by Gasteiger charge is -2.27. The third kappa shape index (κ3) is 4.65. The first-order valence-electron chi connectivity index (χ1n) is 6.35. The second-order valence-electron chi connectivity index (χ2n) is 4.79. The molecule has 0 radical (unpaired) electrons. The zero-order valence-corrected chi connectivity index (χ0v) is 11.2. The highest BCUT2D eigenvalue weighted by Gasteiger charge is 2.47. The molecule has 1 saturated carbocycles. The van der Waals surface area contributed by atoms with Gasteiger partial charge in [0.25, 0.3) is 0 Å². The van der Waals surface area contributed by atoms with Gasteiger partial charge in [0.05, 0.1) is 13.2 Å². The lowest BCUT2D eigenvalue weighted by molar-refractivity contribution is -0.185. The van der Waals surface area contributed by atoms with Crippen LogP contribution in [0.4, 0.5) is 13.2 Å². The molecule has 19 heavy (non-hydrogen) atoms. The summed E-state index contributed by atoms with van der Waals surface area (Å²) in [7, 11) is 1.28. The number of hydrogen-bond donors (Lipinski definition) is 1. The third-order valence-corrected chi connectivity index (χ3v) is 3.24. The Bertz CT molecular complexity index is 309. The van der Waals surface area contributed by atoms with Crippen LogP contribution in [0.15, 0.2) is 0 Å². The van der Waals surface area contributed by atoms with Crippen molar-refractivity contribution in [3.8, 4) is 0 Å². The number of rotatable bonds is 6. The van der Waals surface area contributed by atoms with Crippen LogP contribution >= 0.6 is 0 Å². The van der Waals surface area contributed by atoms with Crippen LogP contribution in [0.25, 0.3) is 0 Å². The maximum absolute atomic E-state index is 12.1. The highest BCUT2D eigenvalue weighted by atomic mass is 19.4. The molecule has 112 valence electrons. The fraction of sp³-hybridized carbons (Fsp3) is 0.917. The second kappa shape index (κ2) is 6.56. The van der Waals surface area contributed by atoms with Crippen molar-refractivity contribution in [1.82, 2.24) is 5.32 Å². The fourth-order valence-corrected chi connectivity index (χ4v) is 2.33. The van der Waals surface area contributed by atoms with Crippen LogP contribution in [0.2, 0.25) is 0 Å². The fourth-order valence-electron chi connectivity index (χ4n) is 2.33. The van der Waals surface area contributed by atoms with Gasteiger partial charge in [-0.3, -0.25) is 4.79 Å². The molecule has 1 N–H and O–H groups in total. The smallest absolute Gasteiger partial charge is 0.411 e. The van der Waals surface area contributed by atoms with Crippen molar-refractivity contribution in [3.05, 3.63) is 0 Å². The number of nitrogens with one attached hydrogen (secondary N) is 1. The van der Waals surface area contributed by atoms with Gasteiger partial charge in [0.1, 0.15) is 12.1 Å². The minimum atomic E-state index is -4.34. The molecule has 0 saturated heterocycles. The molecule has 0 spiro atoms. The lowest BCUT2D eigenvalue weighted by Crippen LogP contribution is -2.51. The Balaban J connectivity index is 2.58. The molecule has 0 aromatic heterocycles. The molecule has 1 aliphatic carbocycles. The molecule has 0 bridgehead atoms. The van der Waals surface area contributed by atoms with E-state index in [4.69, 9.17) is 9.47 Å².